The molecular weight excluding hydrogens is 380 g/mol. The molecule has 0 amide bonds. The number of hydrogen-bond acceptors (Lipinski definition) is 4. The zero-order chi connectivity index (χ0) is 22.5. The molecule has 1 N–H and O–H groups in total. The molecule has 2 aliphatic heterocycles. The van der Waals surface area contributed by atoms with E-state index in [9.17, 15) is 4.79 Å². The highest BCUT2D eigenvalue weighted by atomic mass is 16.6. The van der Waals surface area contributed by atoms with Gasteiger partial charge in [0.05, 0.1) is 36.4 Å². The van der Waals surface area contributed by atoms with Gasteiger partial charge in [-0.25, -0.2) is 0 Å². The molecule has 2 fully saturated rings. The molecule has 0 aromatic heterocycles. The number of methoxy groups -OCH3 is 1. The average molecular weight is 423 g/mol. The van der Waals surface area contributed by atoms with Crippen molar-refractivity contribution >= 4 is 5.97 Å². The molecule has 0 radical (unpaired) electrons. The molecule has 1 unspecified atom stereocenters. The maximum absolute atomic E-state index is 11.0. The van der Waals surface area contributed by atoms with Gasteiger partial charge in [0.25, 0.3) is 0 Å². The van der Waals surface area contributed by atoms with Crippen molar-refractivity contribution in [1.82, 2.24) is 0 Å². The van der Waals surface area contributed by atoms with Crippen LogP contribution >= 0.6 is 0 Å². The predicted octanol–water partition coefficient (Wildman–Crippen LogP) is 5.39. The van der Waals surface area contributed by atoms with Gasteiger partial charge in [0.15, 0.2) is 0 Å². The van der Waals surface area contributed by atoms with Crippen molar-refractivity contribution in [3.63, 3.8) is 0 Å². The normalized spacial score (nSPS) is 35.2. The van der Waals surface area contributed by atoms with Gasteiger partial charge in [-0.15, -0.1) is 0 Å². The van der Waals surface area contributed by atoms with Crippen molar-refractivity contribution in [3.05, 3.63) is 23.8 Å². The number of epoxide rings is 1. The van der Waals surface area contributed by atoms with E-state index in [0.29, 0.717) is 17.8 Å². The Balaban J connectivity index is 1.87. The number of hydrogen-bond donors (Lipinski definition) is 1. The van der Waals surface area contributed by atoms with Crippen LogP contribution in [-0.4, -0.2) is 48.2 Å². The Kier molecular flexibility index (Phi) is 9.13. The minimum Gasteiger partial charge on any atom is -0.481 e. The highest BCUT2D eigenvalue weighted by Crippen LogP contribution is 2.47. The van der Waals surface area contributed by atoms with E-state index in [-0.39, 0.29) is 36.4 Å². The van der Waals surface area contributed by atoms with Crippen molar-refractivity contribution in [2.24, 2.45) is 17.8 Å². The summed E-state index contributed by atoms with van der Waals surface area (Å²) in [5, 5.41) is 9.05. The van der Waals surface area contributed by atoms with Gasteiger partial charge in [-0.1, -0.05) is 45.9 Å². The molecule has 0 aliphatic carbocycles. The van der Waals surface area contributed by atoms with E-state index < -0.39 is 5.97 Å². The molecule has 2 saturated heterocycles. The predicted molar refractivity (Wildman–Crippen MR) is 120 cm³/mol. The topological polar surface area (TPSA) is 68.3 Å². The lowest BCUT2D eigenvalue weighted by Crippen LogP contribution is -2.35. The highest BCUT2D eigenvalue weighted by Gasteiger charge is 2.56. The van der Waals surface area contributed by atoms with Gasteiger partial charge in [0.1, 0.15) is 0 Å². The van der Waals surface area contributed by atoms with Crippen LogP contribution in [0.4, 0.5) is 0 Å². The molecule has 0 saturated carbocycles. The highest BCUT2D eigenvalue weighted by molar-refractivity contribution is 5.67. The number of carbonyl (C=O) groups is 1. The summed E-state index contributed by atoms with van der Waals surface area (Å²) < 4.78 is 17.8. The summed E-state index contributed by atoms with van der Waals surface area (Å²) >= 11 is 0. The van der Waals surface area contributed by atoms with Gasteiger partial charge < -0.3 is 19.3 Å². The summed E-state index contributed by atoms with van der Waals surface area (Å²) in [6, 6.07) is 0. The molecule has 0 aromatic carbocycles. The van der Waals surface area contributed by atoms with Crippen LogP contribution in [0.15, 0.2) is 23.8 Å². The second-order valence-corrected chi connectivity index (χ2v) is 9.70. The summed E-state index contributed by atoms with van der Waals surface area (Å²) in [6.45, 7) is 13.1. The first-order valence-corrected chi connectivity index (χ1v) is 11.5. The number of rotatable bonds is 11. The fraction of sp³-hybridized carbons (Fsp3) is 0.800. The summed E-state index contributed by atoms with van der Waals surface area (Å²) in [5.74, 6) is 0.420. The first kappa shape index (κ1) is 25.1. The zero-order valence-corrected chi connectivity index (χ0v) is 19.9. The van der Waals surface area contributed by atoms with Crippen molar-refractivity contribution in [2.75, 3.05) is 7.11 Å². The first-order chi connectivity index (χ1) is 14.1. The van der Waals surface area contributed by atoms with E-state index in [4.69, 9.17) is 19.3 Å². The number of aliphatic carboxylic acids is 1. The van der Waals surface area contributed by atoms with E-state index >= 15 is 0 Å². The summed E-state index contributed by atoms with van der Waals surface area (Å²) in [6.07, 6.45) is 10.7. The first-order valence-electron chi connectivity index (χ1n) is 11.5. The van der Waals surface area contributed by atoms with Gasteiger partial charge in [-0.2, -0.15) is 0 Å². The molecule has 30 heavy (non-hydrogen) atoms. The minimum atomic E-state index is -0.789. The van der Waals surface area contributed by atoms with Gasteiger partial charge >= 0.3 is 5.97 Å². The van der Waals surface area contributed by atoms with Crippen LogP contribution in [0.1, 0.15) is 73.6 Å². The number of carboxylic acid groups (broad SMARTS) is 1. The van der Waals surface area contributed by atoms with Gasteiger partial charge in [-0.05, 0) is 56.9 Å². The average Bonchev–Trinajstić information content (AvgIpc) is 3.34. The summed E-state index contributed by atoms with van der Waals surface area (Å²) in [7, 11) is 1.78. The second-order valence-electron chi connectivity index (χ2n) is 9.70. The van der Waals surface area contributed by atoms with E-state index in [1.807, 2.05) is 0 Å². The SMILES string of the molecule is CCC(OC)[C@@H](C)[C@H]1O[C@]1(C)C[C@H](C)/C=C/C=C(\C)[C@H]1O[C@@H](CC(=O)O)CC[C@@H]1C. The van der Waals surface area contributed by atoms with Crippen molar-refractivity contribution in [3.8, 4) is 0 Å². The molecule has 2 aliphatic rings. The second kappa shape index (κ2) is 10.9. The Morgan fingerprint density at radius 1 is 1.33 bits per heavy atom. The van der Waals surface area contributed by atoms with Gasteiger partial charge in [0, 0.05) is 13.0 Å². The summed E-state index contributed by atoms with van der Waals surface area (Å²) in [5.41, 5.74) is 1.09. The Bertz CT molecular complexity index is 623. The molecule has 0 spiro atoms. The molecule has 8 atom stereocenters. The van der Waals surface area contributed by atoms with Crippen molar-refractivity contribution in [1.29, 1.82) is 0 Å². The third-order valence-electron chi connectivity index (χ3n) is 6.89. The molecule has 5 heteroatoms. The third-order valence-corrected chi connectivity index (χ3v) is 6.89. The zero-order valence-electron chi connectivity index (χ0n) is 19.9. The lowest BCUT2D eigenvalue weighted by atomic mass is 9.86. The van der Waals surface area contributed by atoms with E-state index in [1.54, 1.807) is 7.11 Å². The van der Waals surface area contributed by atoms with Gasteiger partial charge in [-0.3, -0.25) is 4.79 Å². The number of ether oxygens (including phenoxy) is 3. The van der Waals surface area contributed by atoms with Crippen LogP contribution in [0, 0.1) is 17.8 Å². The van der Waals surface area contributed by atoms with Crippen molar-refractivity contribution < 1.29 is 24.1 Å². The molecule has 5 nitrogen and oxygen atoms in total. The third kappa shape index (κ3) is 6.66. The largest absolute Gasteiger partial charge is 0.481 e. The fourth-order valence-corrected chi connectivity index (χ4v) is 5.14. The Morgan fingerprint density at radius 3 is 2.63 bits per heavy atom. The smallest absolute Gasteiger partial charge is 0.305 e. The molecular formula is C25H42O5. The Labute approximate surface area is 182 Å². The minimum absolute atomic E-state index is 0.00223. The van der Waals surface area contributed by atoms with Crippen LogP contribution < -0.4 is 0 Å². The van der Waals surface area contributed by atoms with E-state index in [0.717, 1.165) is 31.3 Å². The number of allylic oxidation sites excluding steroid dienone is 3. The van der Waals surface area contributed by atoms with Crippen LogP contribution in [0.2, 0.25) is 0 Å². The van der Waals surface area contributed by atoms with Crippen LogP contribution in [0.25, 0.3) is 0 Å². The Morgan fingerprint density at radius 2 is 2.03 bits per heavy atom. The lowest BCUT2D eigenvalue weighted by Gasteiger charge is -2.35. The van der Waals surface area contributed by atoms with Crippen LogP contribution in [-0.2, 0) is 19.0 Å². The lowest BCUT2D eigenvalue weighted by molar-refractivity contribution is -0.143. The maximum Gasteiger partial charge on any atom is 0.305 e. The van der Waals surface area contributed by atoms with Crippen LogP contribution in [0.3, 0.4) is 0 Å². The Hall–Kier alpha value is -1.17. The molecule has 0 bridgehead atoms. The van der Waals surface area contributed by atoms with Crippen LogP contribution in [0.5, 0.6) is 0 Å². The van der Waals surface area contributed by atoms with E-state index in [1.165, 1.54) is 0 Å². The molecule has 0 aromatic rings. The van der Waals surface area contributed by atoms with Crippen molar-refractivity contribution in [2.45, 2.75) is 104 Å². The molecule has 2 rings (SSSR count). The summed E-state index contributed by atoms with van der Waals surface area (Å²) in [4.78, 5) is 11.0. The fourth-order valence-electron chi connectivity index (χ4n) is 5.14. The molecule has 172 valence electrons. The van der Waals surface area contributed by atoms with Gasteiger partial charge in [0.2, 0.25) is 0 Å². The standard InChI is InChI=1S/C25H42O5/c1-8-21(28-7)19(5)24-25(6,30-24)15-16(2)10-9-11-17(3)23-18(4)12-13-20(29-23)14-22(26)27/h9-11,16,18-21,23-24H,8,12-15H2,1-7H3,(H,26,27)/b10-9+,17-11+/t16-,18+,19-,20-,21?,23-,24-,25-/m1/s1. The maximum atomic E-state index is 11.0. The van der Waals surface area contributed by atoms with E-state index in [2.05, 4.69) is 59.8 Å². The quantitative estimate of drug-likeness (QED) is 0.357. The monoisotopic (exact) mass is 422 g/mol. The number of carboxylic acids is 1. The molecule has 2 heterocycles.